The zero-order chi connectivity index (χ0) is 17.2. The molecule has 0 unspecified atom stereocenters. The first-order chi connectivity index (χ1) is 11.4. The van der Waals surface area contributed by atoms with Gasteiger partial charge in [0, 0.05) is 29.9 Å². The minimum Gasteiger partial charge on any atom is -0.380 e. The van der Waals surface area contributed by atoms with Gasteiger partial charge in [-0.1, -0.05) is 18.5 Å². The zero-order valence-electron chi connectivity index (χ0n) is 13.4. The highest BCUT2D eigenvalue weighted by Gasteiger charge is 2.27. The SMILES string of the molecule is CC1CCN(S(=O)(=O)c2ccc(NCc3cnc(Cl)s3)cc2)CC1. The second-order valence-electron chi connectivity index (χ2n) is 6.04. The fourth-order valence-electron chi connectivity index (χ4n) is 2.67. The van der Waals surface area contributed by atoms with E-state index >= 15 is 0 Å². The number of rotatable bonds is 5. The summed E-state index contributed by atoms with van der Waals surface area (Å²) in [6.07, 6.45) is 3.59. The highest BCUT2D eigenvalue weighted by Crippen LogP contribution is 2.25. The number of aromatic nitrogens is 1. The maximum Gasteiger partial charge on any atom is 0.243 e. The van der Waals surface area contributed by atoms with Crippen molar-refractivity contribution >= 4 is 38.6 Å². The summed E-state index contributed by atoms with van der Waals surface area (Å²) < 4.78 is 27.5. The molecule has 8 heteroatoms. The normalized spacial score (nSPS) is 17.1. The van der Waals surface area contributed by atoms with Gasteiger partial charge in [-0.05, 0) is 43.0 Å². The lowest BCUT2D eigenvalue weighted by atomic mass is 10.0. The number of nitrogens with zero attached hydrogens (tertiary/aromatic N) is 2. The predicted molar refractivity (Wildman–Crippen MR) is 98.0 cm³/mol. The standard InChI is InChI=1S/C16H20ClN3O2S2/c1-12-6-8-20(9-7-12)24(21,22)15-4-2-13(3-5-15)18-10-14-11-19-16(17)23-14/h2-5,11-12,18H,6-10H2,1H3. The van der Waals surface area contributed by atoms with Crippen molar-refractivity contribution in [2.24, 2.45) is 5.92 Å². The van der Waals surface area contributed by atoms with Crippen LogP contribution in [0.15, 0.2) is 35.4 Å². The van der Waals surface area contributed by atoms with Gasteiger partial charge in [0.05, 0.1) is 11.4 Å². The van der Waals surface area contributed by atoms with E-state index in [0.29, 0.717) is 34.9 Å². The molecule has 0 atom stereocenters. The Bertz CT molecular complexity index is 782. The fraction of sp³-hybridized carbons (Fsp3) is 0.438. The average Bonchev–Trinajstić information content (AvgIpc) is 2.99. The summed E-state index contributed by atoms with van der Waals surface area (Å²) in [5.41, 5.74) is 0.866. The van der Waals surface area contributed by atoms with Crippen LogP contribution in [0.3, 0.4) is 0 Å². The number of nitrogens with one attached hydrogen (secondary N) is 1. The molecule has 24 heavy (non-hydrogen) atoms. The molecule has 0 aliphatic carbocycles. The lowest BCUT2D eigenvalue weighted by Gasteiger charge is -2.29. The predicted octanol–water partition coefficient (Wildman–Crippen LogP) is 3.83. The molecule has 0 saturated carbocycles. The molecule has 2 aromatic rings. The summed E-state index contributed by atoms with van der Waals surface area (Å²) in [5.74, 6) is 0.600. The molecule has 3 rings (SSSR count). The highest BCUT2D eigenvalue weighted by molar-refractivity contribution is 7.89. The second kappa shape index (κ2) is 7.39. The molecule has 0 bridgehead atoms. The van der Waals surface area contributed by atoms with Crippen LogP contribution in [0.2, 0.25) is 4.47 Å². The highest BCUT2D eigenvalue weighted by atomic mass is 35.5. The van der Waals surface area contributed by atoms with Gasteiger partial charge in [-0.2, -0.15) is 4.31 Å². The van der Waals surface area contributed by atoms with Crippen LogP contribution in [0.4, 0.5) is 5.69 Å². The quantitative estimate of drug-likeness (QED) is 0.849. The van der Waals surface area contributed by atoms with Gasteiger partial charge in [-0.3, -0.25) is 0 Å². The van der Waals surface area contributed by atoms with E-state index in [9.17, 15) is 8.42 Å². The maximum absolute atomic E-state index is 12.7. The molecule has 1 saturated heterocycles. The minimum absolute atomic E-state index is 0.350. The Kier molecular flexibility index (Phi) is 5.44. The number of hydrogen-bond donors (Lipinski definition) is 1. The number of piperidine rings is 1. The summed E-state index contributed by atoms with van der Waals surface area (Å²) in [6, 6.07) is 6.91. The third-order valence-electron chi connectivity index (χ3n) is 4.23. The van der Waals surface area contributed by atoms with Crippen molar-refractivity contribution < 1.29 is 8.42 Å². The monoisotopic (exact) mass is 385 g/mol. The van der Waals surface area contributed by atoms with E-state index in [2.05, 4.69) is 17.2 Å². The zero-order valence-corrected chi connectivity index (χ0v) is 15.8. The van der Waals surface area contributed by atoms with E-state index in [0.717, 1.165) is 23.4 Å². The number of thiazole rings is 1. The van der Waals surface area contributed by atoms with E-state index in [-0.39, 0.29) is 0 Å². The van der Waals surface area contributed by atoms with E-state index in [1.54, 1.807) is 34.8 Å². The third kappa shape index (κ3) is 4.08. The van der Waals surface area contributed by atoms with Crippen molar-refractivity contribution in [3.63, 3.8) is 0 Å². The third-order valence-corrected chi connectivity index (χ3v) is 7.25. The van der Waals surface area contributed by atoms with Crippen molar-refractivity contribution in [3.8, 4) is 0 Å². The molecule has 1 aliphatic rings. The fourth-order valence-corrected chi connectivity index (χ4v) is 5.06. The van der Waals surface area contributed by atoms with Crippen molar-refractivity contribution in [1.29, 1.82) is 0 Å². The van der Waals surface area contributed by atoms with Crippen molar-refractivity contribution in [2.45, 2.75) is 31.2 Å². The average molecular weight is 386 g/mol. The van der Waals surface area contributed by atoms with Crippen molar-refractivity contribution in [1.82, 2.24) is 9.29 Å². The van der Waals surface area contributed by atoms with Gasteiger partial charge in [0.15, 0.2) is 4.47 Å². The number of halogens is 1. The Hall–Kier alpha value is -1.15. The summed E-state index contributed by atoms with van der Waals surface area (Å²) in [6.45, 7) is 3.99. The van der Waals surface area contributed by atoms with Gasteiger partial charge >= 0.3 is 0 Å². The Labute approximate surface area is 151 Å². The van der Waals surface area contributed by atoms with Gasteiger partial charge in [0.2, 0.25) is 10.0 Å². The largest absolute Gasteiger partial charge is 0.380 e. The van der Waals surface area contributed by atoms with Crippen LogP contribution in [0.5, 0.6) is 0 Å². The number of sulfonamides is 1. The Balaban J connectivity index is 1.65. The number of anilines is 1. The van der Waals surface area contributed by atoms with Crippen molar-refractivity contribution in [2.75, 3.05) is 18.4 Å². The van der Waals surface area contributed by atoms with Crippen LogP contribution in [0.25, 0.3) is 0 Å². The smallest absolute Gasteiger partial charge is 0.243 e. The van der Waals surface area contributed by atoms with Gasteiger partial charge in [-0.15, -0.1) is 11.3 Å². The molecule has 1 aromatic heterocycles. The second-order valence-corrected chi connectivity index (χ2v) is 9.68. The molecule has 1 fully saturated rings. The Morgan fingerprint density at radius 2 is 1.96 bits per heavy atom. The van der Waals surface area contributed by atoms with E-state index < -0.39 is 10.0 Å². The lowest BCUT2D eigenvalue weighted by Crippen LogP contribution is -2.37. The topological polar surface area (TPSA) is 62.3 Å². The molecule has 2 heterocycles. The van der Waals surface area contributed by atoms with Gasteiger partial charge in [0.25, 0.3) is 0 Å². The first-order valence-corrected chi connectivity index (χ1v) is 10.5. The molecule has 1 aliphatic heterocycles. The molecule has 0 spiro atoms. The first-order valence-electron chi connectivity index (χ1n) is 7.89. The molecular weight excluding hydrogens is 366 g/mol. The molecule has 0 radical (unpaired) electrons. The van der Waals surface area contributed by atoms with E-state index in [4.69, 9.17) is 11.6 Å². The lowest BCUT2D eigenvalue weighted by molar-refractivity contribution is 0.288. The van der Waals surface area contributed by atoms with Crippen LogP contribution in [0.1, 0.15) is 24.6 Å². The maximum atomic E-state index is 12.7. The molecular formula is C16H20ClN3O2S2. The van der Waals surface area contributed by atoms with E-state index in [1.165, 1.54) is 11.3 Å². The molecule has 5 nitrogen and oxygen atoms in total. The van der Waals surface area contributed by atoms with E-state index in [1.807, 2.05) is 0 Å². The number of hydrogen-bond acceptors (Lipinski definition) is 5. The minimum atomic E-state index is -3.39. The van der Waals surface area contributed by atoms with Crippen LogP contribution in [-0.4, -0.2) is 30.8 Å². The van der Waals surface area contributed by atoms with Crippen LogP contribution in [-0.2, 0) is 16.6 Å². The molecule has 130 valence electrons. The van der Waals surface area contributed by atoms with Gasteiger partial charge < -0.3 is 5.32 Å². The summed E-state index contributed by atoms with van der Waals surface area (Å²) in [7, 11) is -3.39. The van der Waals surface area contributed by atoms with Crippen LogP contribution in [0, 0.1) is 5.92 Å². The molecule has 1 aromatic carbocycles. The summed E-state index contributed by atoms with van der Waals surface area (Å²) in [4.78, 5) is 5.37. The summed E-state index contributed by atoms with van der Waals surface area (Å²) >= 11 is 7.23. The first kappa shape index (κ1) is 17.7. The Morgan fingerprint density at radius 3 is 2.54 bits per heavy atom. The number of benzene rings is 1. The van der Waals surface area contributed by atoms with Gasteiger partial charge in [0.1, 0.15) is 0 Å². The van der Waals surface area contributed by atoms with Crippen LogP contribution >= 0.6 is 22.9 Å². The van der Waals surface area contributed by atoms with Gasteiger partial charge in [-0.25, -0.2) is 13.4 Å². The van der Waals surface area contributed by atoms with Crippen LogP contribution < -0.4 is 5.32 Å². The Morgan fingerprint density at radius 1 is 1.29 bits per heavy atom. The van der Waals surface area contributed by atoms with Crippen molar-refractivity contribution in [3.05, 3.63) is 39.8 Å². The molecule has 0 amide bonds. The molecule has 1 N–H and O–H groups in total. The summed E-state index contributed by atoms with van der Waals surface area (Å²) in [5, 5.41) is 3.24.